The number of carbonyl (C=O) groups excluding carboxylic acids is 4. The second kappa shape index (κ2) is 8.68. The fourth-order valence-corrected chi connectivity index (χ4v) is 5.22. The van der Waals surface area contributed by atoms with Gasteiger partial charge in [0, 0.05) is 5.75 Å². The fraction of sp³-hybridized carbons (Fsp3) is 0.647. The third-order valence-corrected chi connectivity index (χ3v) is 6.09. The predicted octanol–water partition coefficient (Wildman–Crippen LogP) is 0.968. The van der Waals surface area contributed by atoms with E-state index in [2.05, 4.69) is 6.58 Å². The molecular weight excluding hydrogens is 390 g/mol. The van der Waals surface area contributed by atoms with Crippen molar-refractivity contribution in [1.29, 1.82) is 0 Å². The number of likely N-dealkylation sites (tertiary alicyclic amines) is 1. The molecule has 0 saturated carbocycles. The van der Waals surface area contributed by atoms with E-state index in [0.717, 1.165) is 16.7 Å². The number of hydrogen-bond acceptors (Lipinski definition) is 8. The van der Waals surface area contributed by atoms with Crippen molar-refractivity contribution in [3.63, 3.8) is 0 Å². The molecule has 10 heteroatoms. The largest absolute Gasteiger partial charge is 0.454 e. The molecule has 2 amide bonds. The second-order valence-electron chi connectivity index (χ2n) is 7.31. The van der Waals surface area contributed by atoms with Crippen LogP contribution in [0.5, 0.6) is 0 Å². The van der Waals surface area contributed by atoms with E-state index in [1.54, 1.807) is 6.92 Å². The van der Waals surface area contributed by atoms with E-state index in [1.807, 2.05) is 19.6 Å². The quantitative estimate of drug-likeness (QED) is 0.208. The maximum Gasteiger partial charge on any atom is 0.397 e. The Morgan fingerprint density at radius 3 is 2.63 bits per heavy atom. The minimum Gasteiger partial charge on any atom is -0.454 e. The van der Waals surface area contributed by atoms with Crippen LogP contribution in [-0.2, 0) is 33.1 Å². The maximum atomic E-state index is 12.7. The molecule has 0 N–H and O–H groups in total. The number of thioether (sulfide) groups is 1. The number of hydrogen-bond donors (Lipinski definition) is 0. The molecule has 8 nitrogen and oxygen atoms in total. The van der Waals surface area contributed by atoms with Crippen molar-refractivity contribution in [1.82, 2.24) is 4.90 Å². The van der Waals surface area contributed by atoms with Crippen LogP contribution in [0.2, 0.25) is 19.6 Å². The van der Waals surface area contributed by atoms with Gasteiger partial charge in [-0.05, 0) is 26.6 Å². The van der Waals surface area contributed by atoms with Crippen LogP contribution in [0, 0.1) is 5.92 Å². The van der Waals surface area contributed by atoms with E-state index in [-0.39, 0.29) is 11.7 Å². The maximum absolute atomic E-state index is 12.7. The topological polar surface area (TPSA) is 99.2 Å². The lowest BCUT2D eigenvalue weighted by Crippen LogP contribution is -2.73. The van der Waals surface area contributed by atoms with Crippen molar-refractivity contribution < 1.29 is 33.1 Å². The van der Waals surface area contributed by atoms with Gasteiger partial charge in [0.25, 0.3) is 0 Å². The zero-order valence-corrected chi connectivity index (χ0v) is 17.7. The Labute approximate surface area is 163 Å². The molecule has 0 spiro atoms. The van der Waals surface area contributed by atoms with Gasteiger partial charge in [0.05, 0.1) is 24.7 Å². The summed E-state index contributed by atoms with van der Waals surface area (Å²) >= 11 is 1.09. The lowest BCUT2D eigenvalue weighted by molar-refractivity contribution is -0.187. The Morgan fingerprint density at radius 2 is 2.07 bits per heavy atom. The van der Waals surface area contributed by atoms with Gasteiger partial charge in [-0.25, -0.2) is 4.79 Å². The summed E-state index contributed by atoms with van der Waals surface area (Å²) in [5, 5.41) is -0.263. The number of imide groups is 1. The fourth-order valence-electron chi connectivity index (χ4n) is 3.20. The van der Waals surface area contributed by atoms with Gasteiger partial charge in [-0.1, -0.05) is 24.4 Å². The summed E-state index contributed by atoms with van der Waals surface area (Å²) in [4.78, 5) is 50.2. The summed E-state index contributed by atoms with van der Waals surface area (Å²) in [5.74, 6) is -3.05. The van der Waals surface area contributed by atoms with Crippen LogP contribution < -0.4 is 0 Å². The van der Waals surface area contributed by atoms with Crippen LogP contribution in [0.15, 0.2) is 12.7 Å². The number of rotatable bonds is 6. The lowest BCUT2D eigenvalue weighted by atomic mass is 9.80. The Kier molecular flexibility index (Phi) is 7.01. The zero-order valence-electron chi connectivity index (χ0n) is 15.9. The molecule has 27 heavy (non-hydrogen) atoms. The molecule has 0 bridgehead atoms. The number of esters is 1. The minimum absolute atomic E-state index is 0.148. The van der Waals surface area contributed by atoms with Gasteiger partial charge in [0.15, 0.2) is 8.32 Å². The first-order valence-corrected chi connectivity index (χ1v) is 13.1. The summed E-state index contributed by atoms with van der Waals surface area (Å²) in [6, 6.07) is -0.882. The van der Waals surface area contributed by atoms with E-state index in [0.29, 0.717) is 12.4 Å². The van der Waals surface area contributed by atoms with Crippen LogP contribution in [0.1, 0.15) is 6.92 Å². The van der Waals surface area contributed by atoms with E-state index in [1.165, 1.54) is 6.08 Å². The van der Waals surface area contributed by atoms with Gasteiger partial charge in [-0.3, -0.25) is 19.3 Å². The highest BCUT2D eigenvalue weighted by Crippen LogP contribution is 2.38. The number of β-lactam (4-membered cyclic amide) rings is 1. The first kappa shape index (κ1) is 21.8. The highest BCUT2D eigenvalue weighted by molar-refractivity contribution is 8.13. The van der Waals surface area contributed by atoms with Gasteiger partial charge < -0.3 is 13.9 Å². The lowest BCUT2D eigenvalue weighted by Gasteiger charge is -2.50. The van der Waals surface area contributed by atoms with Crippen molar-refractivity contribution in [2.75, 3.05) is 19.0 Å². The average molecular weight is 416 g/mol. The first-order chi connectivity index (χ1) is 12.6. The van der Waals surface area contributed by atoms with Crippen molar-refractivity contribution in [2.24, 2.45) is 5.92 Å². The predicted molar refractivity (Wildman–Crippen MR) is 101 cm³/mol. The molecule has 0 aliphatic carbocycles. The van der Waals surface area contributed by atoms with Gasteiger partial charge in [0.2, 0.25) is 11.0 Å². The molecule has 2 saturated heterocycles. The molecule has 2 fully saturated rings. The van der Waals surface area contributed by atoms with Gasteiger partial charge in [-0.15, -0.1) is 0 Å². The van der Waals surface area contributed by atoms with Crippen LogP contribution in [0.4, 0.5) is 0 Å². The highest BCUT2D eigenvalue weighted by atomic mass is 32.2. The average Bonchev–Trinajstić information content (AvgIpc) is 2.56. The summed E-state index contributed by atoms with van der Waals surface area (Å²) in [5.41, 5.74) is 0. The van der Waals surface area contributed by atoms with E-state index >= 15 is 0 Å². The molecule has 2 aliphatic rings. The summed E-state index contributed by atoms with van der Waals surface area (Å²) in [7, 11) is -1.97. The molecule has 2 rings (SSSR count). The van der Waals surface area contributed by atoms with Gasteiger partial charge in [0.1, 0.15) is 12.7 Å². The standard InChI is InChI=1S/C17H25NO7SSi/c1-6-7-24-16(21)15(20)18-12(13-17(22)26-9-8-23-13)11(14(18)19)10(2)25-27(3,4)5/h6,10-13H,1,7-9H2,2-5H3/t10-,11-,12+,13+/m1/s1. The van der Waals surface area contributed by atoms with Crippen molar-refractivity contribution in [3.05, 3.63) is 12.7 Å². The molecule has 2 aliphatic heterocycles. The third-order valence-electron chi connectivity index (χ3n) is 4.13. The Bertz CT molecular complexity index is 648. The highest BCUT2D eigenvalue weighted by Gasteiger charge is 2.60. The molecule has 0 radical (unpaired) electrons. The van der Waals surface area contributed by atoms with Crippen molar-refractivity contribution in [2.45, 2.75) is 44.8 Å². The molecule has 150 valence electrons. The molecule has 0 unspecified atom stereocenters. The summed E-state index contributed by atoms with van der Waals surface area (Å²) in [6.45, 7) is 11.3. The molecule has 0 aromatic rings. The van der Waals surface area contributed by atoms with Crippen molar-refractivity contribution >= 4 is 43.0 Å². The summed E-state index contributed by atoms with van der Waals surface area (Å²) in [6.07, 6.45) is -0.168. The second-order valence-corrected chi connectivity index (χ2v) is 12.9. The molecule has 0 aromatic carbocycles. The monoisotopic (exact) mass is 415 g/mol. The van der Waals surface area contributed by atoms with Crippen molar-refractivity contribution in [3.8, 4) is 0 Å². The summed E-state index contributed by atoms with van der Waals surface area (Å²) < 4.78 is 16.3. The van der Waals surface area contributed by atoms with Crippen LogP contribution in [-0.4, -0.2) is 73.3 Å². The Balaban J connectivity index is 2.26. The van der Waals surface area contributed by atoms with E-state index < -0.39 is 50.3 Å². The SMILES string of the molecule is C=CCOC(=O)C(=O)N1C(=O)[C@H]([C@@H](C)O[Si](C)(C)C)[C@H]1[C@@H]1OCCSC1=O. The van der Waals surface area contributed by atoms with Crippen LogP contribution >= 0.6 is 11.8 Å². The third kappa shape index (κ3) is 4.87. The Morgan fingerprint density at radius 1 is 1.41 bits per heavy atom. The number of carbonyl (C=O) groups is 4. The van der Waals surface area contributed by atoms with Gasteiger partial charge in [-0.2, -0.15) is 0 Å². The first-order valence-electron chi connectivity index (χ1n) is 8.69. The molecular formula is C17H25NO7SSi. The van der Waals surface area contributed by atoms with Crippen LogP contribution in [0.3, 0.4) is 0 Å². The normalized spacial score (nSPS) is 27.0. The molecule has 2 heterocycles. The molecule has 4 atom stereocenters. The Hall–Kier alpha value is -1.49. The zero-order chi connectivity index (χ0) is 20.4. The number of ether oxygens (including phenoxy) is 2. The number of amides is 2. The van der Waals surface area contributed by atoms with Crippen LogP contribution in [0.25, 0.3) is 0 Å². The minimum atomic E-state index is -1.97. The van der Waals surface area contributed by atoms with Gasteiger partial charge >= 0.3 is 11.9 Å². The van der Waals surface area contributed by atoms with E-state index in [9.17, 15) is 19.2 Å². The molecule has 0 aromatic heterocycles. The smallest absolute Gasteiger partial charge is 0.397 e. The number of nitrogens with zero attached hydrogens (tertiary/aromatic N) is 1. The van der Waals surface area contributed by atoms with E-state index in [4.69, 9.17) is 13.9 Å².